The van der Waals surface area contributed by atoms with Gasteiger partial charge in [-0.05, 0) is 32.9 Å². The molecule has 23 heavy (non-hydrogen) atoms. The van der Waals surface area contributed by atoms with Crippen LogP contribution >= 0.6 is 0 Å². The van der Waals surface area contributed by atoms with E-state index in [1.165, 1.54) is 6.07 Å². The highest BCUT2D eigenvalue weighted by molar-refractivity contribution is 5.98. The molecule has 0 radical (unpaired) electrons. The Morgan fingerprint density at radius 1 is 1.17 bits per heavy atom. The Labute approximate surface area is 135 Å². The van der Waals surface area contributed by atoms with Gasteiger partial charge >= 0.3 is 6.09 Å². The van der Waals surface area contributed by atoms with Crippen LogP contribution in [-0.2, 0) is 4.74 Å². The fourth-order valence-corrected chi connectivity index (χ4v) is 2.36. The predicted octanol–water partition coefficient (Wildman–Crippen LogP) is 2.51. The van der Waals surface area contributed by atoms with Crippen molar-refractivity contribution >= 4 is 11.9 Å². The Morgan fingerprint density at radius 2 is 1.74 bits per heavy atom. The quantitative estimate of drug-likeness (QED) is 0.373. The molecule has 0 atom stereocenters. The fourth-order valence-electron chi connectivity index (χ4n) is 2.36. The first-order chi connectivity index (χ1) is 10.8. The fraction of sp³-hybridized carbons (Fsp3) is 0.500. The zero-order chi connectivity index (χ0) is 17.0. The molecule has 1 fully saturated rings. The summed E-state index contributed by atoms with van der Waals surface area (Å²) in [5, 5.41) is 12.5. The molecule has 7 heteroatoms. The molecule has 126 valence electrons. The van der Waals surface area contributed by atoms with Crippen LogP contribution in [0.1, 0.15) is 26.3 Å². The van der Waals surface area contributed by atoms with Gasteiger partial charge in [0.15, 0.2) is 5.84 Å². The Kier molecular flexibility index (Phi) is 5.08. The number of amidine groups is 1. The van der Waals surface area contributed by atoms with Crippen LogP contribution < -0.4 is 0 Å². The summed E-state index contributed by atoms with van der Waals surface area (Å²) < 4.78 is 19.2. The summed E-state index contributed by atoms with van der Waals surface area (Å²) in [6, 6.07) is 6.14. The summed E-state index contributed by atoms with van der Waals surface area (Å²) in [6.07, 6.45) is -0.370. The highest BCUT2D eigenvalue weighted by Crippen LogP contribution is 2.15. The average molecular weight is 323 g/mol. The molecular weight excluding hydrogens is 301 g/mol. The number of ether oxygens (including phenoxy) is 1. The van der Waals surface area contributed by atoms with E-state index in [0.717, 1.165) is 0 Å². The van der Waals surface area contributed by atoms with Crippen LogP contribution in [-0.4, -0.2) is 58.7 Å². The van der Waals surface area contributed by atoms with E-state index in [4.69, 9.17) is 4.74 Å². The molecule has 1 saturated heterocycles. The van der Waals surface area contributed by atoms with E-state index in [9.17, 15) is 14.4 Å². The summed E-state index contributed by atoms with van der Waals surface area (Å²) in [4.78, 5) is 15.4. The number of oxime groups is 1. The number of benzene rings is 1. The molecular formula is C16H22FN3O3. The van der Waals surface area contributed by atoms with Crippen LogP contribution in [0.15, 0.2) is 29.4 Å². The molecule has 1 aromatic rings. The third-order valence-electron chi connectivity index (χ3n) is 3.44. The number of carbonyl (C=O) groups excluding carboxylic acids is 1. The first kappa shape index (κ1) is 17.1. The number of carbonyl (C=O) groups is 1. The minimum absolute atomic E-state index is 0.173. The Bertz CT molecular complexity index is 590. The minimum Gasteiger partial charge on any atom is -0.444 e. The van der Waals surface area contributed by atoms with Crippen molar-refractivity contribution in [3.05, 3.63) is 35.6 Å². The van der Waals surface area contributed by atoms with Crippen molar-refractivity contribution in [1.29, 1.82) is 0 Å². The summed E-state index contributed by atoms with van der Waals surface area (Å²) in [5.41, 5.74) is -0.306. The molecule has 0 unspecified atom stereocenters. The Hall–Kier alpha value is -2.31. The van der Waals surface area contributed by atoms with Crippen LogP contribution in [0.5, 0.6) is 0 Å². The van der Waals surface area contributed by atoms with E-state index in [2.05, 4.69) is 5.16 Å². The van der Waals surface area contributed by atoms with Crippen molar-refractivity contribution in [3.8, 4) is 0 Å². The SMILES string of the molecule is CC(C)(C)OC(=O)N1CCN(/C(=N\O)c2ccccc2F)CC1. The second kappa shape index (κ2) is 6.85. The smallest absolute Gasteiger partial charge is 0.410 e. The van der Waals surface area contributed by atoms with Gasteiger partial charge in [-0.3, -0.25) is 0 Å². The van der Waals surface area contributed by atoms with Crippen molar-refractivity contribution < 1.29 is 19.1 Å². The minimum atomic E-state index is -0.543. The predicted molar refractivity (Wildman–Crippen MR) is 84.1 cm³/mol. The van der Waals surface area contributed by atoms with E-state index < -0.39 is 11.4 Å². The molecule has 1 N–H and O–H groups in total. The molecule has 6 nitrogen and oxygen atoms in total. The molecule has 1 aliphatic rings. The Morgan fingerprint density at radius 3 is 2.26 bits per heavy atom. The number of rotatable bonds is 1. The molecule has 1 aromatic carbocycles. The second-order valence-corrected chi connectivity index (χ2v) is 6.36. The van der Waals surface area contributed by atoms with E-state index >= 15 is 0 Å². The van der Waals surface area contributed by atoms with Crippen LogP contribution in [0.4, 0.5) is 9.18 Å². The number of nitrogens with zero attached hydrogens (tertiary/aromatic N) is 3. The highest BCUT2D eigenvalue weighted by atomic mass is 19.1. The highest BCUT2D eigenvalue weighted by Gasteiger charge is 2.28. The monoisotopic (exact) mass is 323 g/mol. The first-order valence-electron chi connectivity index (χ1n) is 7.51. The van der Waals surface area contributed by atoms with Gasteiger partial charge in [0, 0.05) is 26.2 Å². The second-order valence-electron chi connectivity index (χ2n) is 6.36. The number of halogens is 1. The van der Waals surface area contributed by atoms with E-state index in [1.54, 1.807) is 28.0 Å². The summed E-state index contributed by atoms with van der Waals surface area (Å²) >= 11 is 0. The van der Waals surface area contributed by atoms with Gasteiger partial charge in [0.1, 0.15) is 11.4 Å². The van der Waals surface area contributed by atoms with Gasteiger partial charge in [0.25, 0.3) is 0 Å². The van der Waals surface area contributed by atoms with E-state index in [1.807, 2.05) is 20.8 Å². The molecule has 0 spiro atoms. The molecule has 0 aliphatic carbocycles. The van der Waals surface area contributed by atoms with E-state index in [-0.39, 0.29) is 17.5 Å². The molecule has 0 bridgehead atoms. The van der Waals surface area contributed by atoms with Crippen LogP contribution in [0.2, 0.25) is 0 Å². The summed E-state index contributed by atoms with van der Waals surface area (Å²) in [6.45, 7) is 7.16. The molecule has 1 heterocycles. The lowest BCUT2D eigenvalue weighted by atomic mass is 10.1. The van der Waals surface area contributed by atoms with Gasteiger partial charge in [-0.15, -0.1) is 0 Å². The van der Waals surface area contributed by atoms with Gasteiger partial charge in [-0.2, -0.15) is 0 Å². The lowest BCUT2D eigenvalue weighted by Crippen LogP contribution is -2.52. The van der Waals surface area contributed by atoms with Crippen LogP contribution in [0, 0.1) is 5.82 Å². The van der Waals surface area contributed by atoms with Gasteiger partial charge in [-0.25, -0.2) is 9.18 Å². The van der Waals surface area contributed by atoms with Crippen LogP contribution in [0.25, 0.3) is 0 Å². The maximum atomic E-state index is 13.9. The zero-order valence-corrected chi connectivity index (χ0v) is 13.6. The van der Waals surface area contributed by atoms with Crippen molar-refractivity contribution in [2.24, 2.45) is 5.16 Å². The number of hydrogen-bond donors (Lipinski definition) is 1. The molecule has 0 saturated carbocycles. The standard InChI is InChI=1S/C16H22FN3O3/c1-16(2,3)23-15(21)20-10-8-19(9-11-20)14(18-22)12-6-4-5-7-13(12)17/h4-7,22H,8-11H2,1-3H3/b18-14-. The number of piperazine rings is 1. The van der Waals surface area contributed by atoms with E-state index in [0.29, 0.717) is 26.2 Å². The number of hydrogen-bond acceptors (Lipinski definition) is 4. The maximum absolute atomic E-state index is 13.9. The largest absolute Gasteiger partial charge is 0.444 e. The Balaban J connectivity index is 2.01. The third kappa shape index (κ3) is 4.34. The first-order valence-corrected chi connectivity index (χ1v) is 7.51. The van der Waals surface area contributed by atoms with Crippen molar-refractivity contribution in [2.75, 3.05) is 26.2 Å². The van der Waals surface area contributed by atoms with Gasteiger partial charge in [-0.1, -0.05) is 17.3 Å². The summed E-state index contributed by atoms with van der Waals surface area (Å²) in [5.74, 6) is -0.276. The number of amides is 1. The van der Waals surface area contributed by atoms with Gasteiger partial charge < -0.3 is 19.7 Å². The normalized spacial score (nSPS) is 16.4. The van der Waals surface area contributed by atoms with Crippen molar-refractivity contribution in [1.82, 2.24) is 9.80 Å². The zero-order valence-electron chi connectivity index (χ0n) is 13.6. The molecule has 1 amide bonds. The summed E-state index contributed by atoms with van der Waals surface area (Å²) in [7, 11) is 0. The van der Waals surface area contributed by atoms with Crippen LogP contribution in [0.3, 0.4) is 0 Å². The van der Waals surface area contributed by atoms with Crippen molar-refractivity contribution in [2.45, 2.75) is 26.4 Å². The van der Waals surface area contributed by atoms with Gasteiger partial charge in [0.2, 0.25) is 0 Å². The molecule has 1 aliphatic heterocycles. The maximum Gasteiger partial charge on any atom is 0.410 e. The van der Waals surface area contributed by atoms with Gasteiger partial charge in [0.05, 0.1) is 5.56 Å². The van der Waals surface area contributed by atoms with Crippen molar-refractivity contribution in [3.63, 3.8) is 0 Å². The molecule has 2 rings (SSSR count). The lowest BCUT2D eigenvalue weighted by molar-refractivity contribution is 0.0186. The topological polar surface area (TPSA) is 65.4 Å². The lowest BCUT2D eigenvalue weighted by Gasteiger charge is -2.36. The molecule has 0 aromatic heterocycles. The average Bonchev–Trinajstić information content (AvgIpc) is 2.49. The third-order valence-corrected chi connectivity index (χ3v) is 3.44.